The summed E-state index contributed by atoms with van der Waals surface area (Å²) in [5.41, 5.74) is 5.53. The normalized spacial score (nSPS) is 11.1. The second-order valence-electron chi connectivity index (χ2n) is 8.18. The summed E-state index contributed by atoms with van der Waals surface area (Å²) in [6.45, 7) is 1.86. The lowest BCUT2D eigenvalue weighted by molar-refractivity contribution is 0.411. The Balaban J connectivity index is 1.63. The standard InChI is InChI=1S/C26H21B2N3O2/c1-14-29-25(17-9-5-8-16(12-17)15-6-3-2-4-7-15)31-26(30-14)18-10-11-19-20(13-18)21(27)22(28)24(33)23(19)32/h2-13,32-33H,27-28H2,1H3. The summed E-state index contributed by atoms with van der Waals surface area (Å²) in [5.74, 6) is 1.61. The molecule has 0 fully saturated rings. The van der Waals surface area contributed by atoms with Crippen molar-refractivity contribution in [2.45, 2.75) is 6.92 Å². The molecule has 0 saturated heterocycles. The van der Waals surface area contributed by atoms with Crippen molar-refractivity contribution in [2.24, 2.45) is 0 Å². The highest BCUT2D eigenvalue weighted by Gasteiger charge is 2.15. The highest BCUT2D eigenvalue weighted by Crippen LogP contribution is 2.33. The number of nitrogens with zero attached hydrogens (tertiary/aromatic N) is 3. The van der Waals surface area contributed by atoms with Crippen LogP contribution in [0.3, 0.4) is 0 Å². The molecule has 0 aliphatic heterocycles. The van der Waals surface area contributed by atoms with Crippen LogP contribution >= 0.6 is 0 Å². The number of aryl methyl sites for hydroxylation is 1. The maximum absolute atomic E-state index is 10.4. The summed E-state index contributed by atoms with van der Waals surface area (Å²) in [5, 5.41) is 22.0. The molecule has 5 rings (SSSR count). The number of rotatable bonds is 3. The molecule has 5 aromatic rings. The summed E-state index contributed by atoms with van der Waals surface area (Å²) >= 11 is 0. The molecule has 0 atom stereocenters. The number of aromatic hydroxyl groups is 2. The van der Waals surface area contributed by atoms with Gasteiger partial charge in [0.25, 0.3) is 0 Å². The lowest BCUT2D eigenvalue weighted by Gasteiger charge is -2.13. The molecule has 33 heavy (non-hydrogen) atoms. The van der Waals surface area contributed by atoms with Gasteiger partial charge in [-0.15, -0.1) is 0 Å². The predicted octanol–water partition coefficient (Wildman–Crippen LogP) is 2.26. The van der Waals surface area contributed by atoms with E-state index in [2.05, 4.69) is 34.2 Å². The topological polar surface area (TPSA) is 79.1 Å². The van der Waals surface area contributed by atoms with Gasteiger partial charge in [0.2, 0.25) is 0 Å². The molecule has 1 aromatic heterocycles. The van der Waals surface area contributed by atoms with Gasteiger partial charge in [-0.1, -0.05) is 60.1 Å². The average Bonchev–Trinajstić information content (AvgIpc) is 2.86. The molecule has 0 aliphatic rings. The van der Waals surface area contributed by atoms with E-state index in [4.69, 9.17) is 4.98 Å². The number of fused-ring (bicyclic) bond motifs is 1. The van der Waals surface area contributed by atoms with E-state index in [1.54, 1.807) is 13.9 Å². The summed E-state index contributed by atoms with van der Waals surface area (Å²) < 4.78 is 0. The number of hydrogen-bond donors (Lipinski definition) is 2. The van der Waals surface area contributed by atoms with Crippen LogP contribution in [0.5, 0.6) is 11.5 Å². The first-order chi connectivity index (χ1) is 15.9. The van der Waals surface area contributed by atoms with E-state index in [0.717, 1.165) is 33.1 Å². The SMILES string of the molecule is Bc1c(O)c(O)c2ccc(-c3nc(C)nc(-c4cccc(-c5ccccc5)c4)n3)cc2c1B. The van der Waals surface area contributed by atoms with Gasteiger partial charge in [0.15, 0.2) is 23.1 Å². The smallest absolute Gasteiger partial charge is 0.164 e. The minimum atomic E-state index is -0.107. The van der Waals surface area contributed by atoms with Crippen molar-refractivity contribution in [3.63, 3.8) is 0 Å². The maximum Gasteiger partial charge on any atom is 0.164 e. The molecule has 0 amide bonds. The second kappa shape index (κ2) is 8.10. The fourth-order valence-corrected chi connectivity index (χ4v) is 4.09. The van der Waals surface area contributed by atoms with Crippen LogP contribution < -0.4 is 10.9 Å². The van der Waals surface area contributed by atoms with Crippen molar-refractivity contribution in [1.29, 1.82) is 0 Å². The van der Waals surface area contributed by atoms with E-state index in [0.29, 0.717) is 28.3 Å². The molecule has 0 radical (unpaired) electrons. The van der Waals surface area contributed by atoms with Gasteiger partial charge >= 0.3 is 0 Å². The number of aromatic nitrogens is 3. The van der Waals surface area contributed by atoms with Crippen molar-refractivity contribution in [1.82, 2.24) is 15.0 Å². The van der Waals surface area contributed by atoms with Crippen LogP contribution in [0.4, 0.5) is 0 Å². The van der Waals surface area contributed by atoms with Crippen molar-refractivity contribution in [3.8, 4) is 45.4 Å². The van der Waals surface area contributed by atoms with Gasteiger partial charge in [0, 0.05) is 16.5 Å². The Morgan fingerprint density at radius 3 is 1.94 bits per heavy atom. The lowest BCUT2D eigenvalue weighted by atomic mass is 9.76. The predicted molar refractivity (Wildman–Crippen MR) is 138 cm³/mol. The van der Waals surface area contributed by atoms with Crippen LogP contribution in [-0.2, 0) is 0 Å². The molecular weight excluding hydrogens is 408 g/mol. The van der Waals surface area contributed by atoms with Gasteiger partial charge in [-0.05, 0) is 47.1 Å². The molecule has 1 heterocycles. The molecule has 7 heteroatoms. The molecule has 2 N–H and O–H groups in total. The molecular formula is C26H21B2N3O2. The van der Waals surface area contributed by atoms with Crippen molar-refractivity contribution >= 4 is 37.4 Å². The Morgan fingerprint density at radius 1 is 0.576 bits per heavy atom. The fourth-order valence-electron chi connectivity index (χ4n) is 4.09. The third-order valence-corrected chi connectivity index (χ3v) is 6.05. The number of hydrogen-bond acceptors (Lipinski definition) is 5. The third-order valence-electron chi connectivity index (χ3n) is 6.05. The van der Waals surface area contributed by atoms with Crippen LogP contribution in [-0.4, -0.2) is 40.9 Å². The first-order valence-corrected chi connectivity index (χ1v) is 10.8. The van der Waals surface area contributed by atoms with E-state index in [1.807, 2.05) is 57.2 Å². The van der Waals surface area contributed by atoms with Crippen LogP contribution in [0.25, 0.3) is 44.7 Å². The van der Waals surface area contributed by atoms with Crippen molar-refractivity contribution in [3.05, 3.63) is 78.6 Å². The van der Waals surface area contributed by atoms with Crippen molar-refractivity contribution in [2.75, 3.05) is 0 Å². The van der Waals surface area contributed by atoms with E-state index < -0.39 is 0 Å². The molecule has 158 valence electrons. The Bertz CT molecular complexity index is 1520. The highest BCUT2D eigenvalue weighted by molar-refractivity contribution is 6.54. The number of phenolic OH excluding ortho intramolecular Hbond substituents is 2. The van der Waals surface area contributed by atoms with Gasteiger partial charge in [-0.2, -0.15) is 0 Å². The van der Waals surface area contributed by atoms with Crippen LogP contribution in [0.1, 0.15) is 5.82 Å². The van der Waals surface area contributed by atoms with E-state index in [1.165, 1.54) is 0 Å². The molecule has 0 spiro atoms. The molecule has 0 unspecified atom stereocenters. The Labute approximate surface area is 193 Å². The molecule has 0 saturated carbocycles. The molecule has 0 bridgehead atoms. The quantitative estimate of drug-likeness (QED) is 0.340. The summed E-state index contributed by atoms with van der Waals surface area (Å²) in [6.07, 6.45) is 0. The van der Waals surface area contributed by atoms with Crippen molar-refractivity contribution < 1.29 is 10.2 Å². The van der Waals surface area contributed by atoms with Gasteiger partial charge < -0.3 is 10.2 Å². The average molecular weight is 429 g/mol. The number of benzene rings is 4. The van der Waals surface area contributed by atoms with E-state index in [-0.39, 0.29) is 11.5 Å². The number of phenols is 2. The van der Waals surface area contributed by atoms with Crippen LogP contribution in [0, 0.1) is 6.92 Å². The first-order valence-electron chi connectivity index (χ1n) is 10.8. The summed E-state index contributed by atoms with van der Waals surface area (Å²) in [4.78, 5) is 13.9. The molecule has 5 nitrogen and oxygen atoms in total. The Morgan fingerprint density at radius 2 is 1.21 bits per heavy atom. The fraction of sp³-hybridized carbons (Fsp3) is 0.0385. The first kappa shape index (κ1) is 20.8. The summed E-state index contributed by atoms with van der Waals surface area (Å²) in [6, 6.07) is 24.0. The van der Waals surface area contributed by atoms with Crippen LogP contribution in [0.15, 0.2) is 72.8 Å². The second-order valence-corrected chi connectivity index (χ2v) is 8.18. The van der Waals surface area contributed by atoms with E-state index in [9.17, 15) is 10.2 Å². The lowest BCUT2D eigenvalue weighted by Crippen LogP contribution is -2.26. The van der Waals surface area contributed by atoms with Gasteiger partial charge in [-0.25, -0.2) is 15.0 Å². The maximum atomic E-state index is 10.4. The molecule has 4 aromatic carbocycles. The van der Waals surface area contributed by atoms with E-state index >= 15 is 0 Å². The van der Waals surface area contributed by atoms with Gasteiger partial charge in [0.05, 0.1) is 0 Å². The Hall–Kier alpha value is -4.12. The zero-order valence-corrected chi connectivity index (χ0v) is 18.7. The monoisotopic (exact) mass is 429 g/mol. The zero-order valence-electron chi connectivity index (χ0n) is 18.7. The third kappa shape index (κ3) is 3.72. The minimum Gasteiger partial charge on any atom is -0.505 e. The van der Waals surface area contributed by atoms with Crippen LogP contribution in [0.2, 0.25) is 0 Å². The Kier molecular flexibility index (Phi) is 5.09. The summed E-state index contributed by atoms with van der Waals surface area (Å²) in [7, 11) is 3.72. The van der Waals surface area contributed by atoms with Gasteiger partial charge in [-0.3, -0.25) is 0 Å². The molecule has 0 aliphatic carbocycles. The zero-order chi connectivity index (χ0) is 23.1. The highest BCUT2D eigenvalue weighted by atomic mass is 16.3. The minimum absolute atomic E-state index is 0.0793. The van der Waals surface area contributed by atoms with Gasteiger partial charge in [0.1, 0.15) is 21.5 Å². The largest absolute Gasteiger partial charge is 0.505 e.